The molecule has 0 spiro atoms. The highest BCUT2D eigenvalue weighted by molar-refractivity contribution is 5.59. The molecule has 0 aliphatic carbocycles. The number of hydrogen-bond acceptors (Lipinski definition) is 7. The van der Waals surface area contributed by atoms with Crippen molar-refractivity contribution in [2.45, 2.75) is 18.9 Å². The van der Waals surface area contributed by atoms with Crippen molar-refractivity contribution >= 4 is 17.2 Å². The number of aromatic nitrogens is 2. The Kier molecular flexibility index (Phi) is 4.97. The fourth-order valence-corrected chi connectivity index (χ4v) is 3.19. The van der Waals surface area contributed by atoms with Crippen LogP contribution in [0.15, 0.2) is 36.5 Å². The maximum absolute atomic E-state index is 11.0. The highest BCUT2D eigenvalue weighted by Gasteiger charge is 2.25. The molecule has 1 fully saturated rings. The second-order valence-corrected chi connectivity index (χ2v) is 6.02. The van der Waals surface area contributed by atoms with Gasteiger partial charge in [0.05, 0.1) is 12.0 Å². The minimum atomic E-state index is -0.426. The van der Waals surface area contributed by atoms with Crippen LogP contribution < -0.4 is 14.5 Å². The van der Waals surface area contributed by atoms with Crippen molar-refractivity contribution in [3.63, 3.8) is 0 Å². The maximum atomic E-state index is 11.0. The van der Waals surface area contributed by atoms with Gasteiger partial charge in [-0.05, 0) is 31.0 Å². The Balaban J connectivity index is 1.67. The first kappa shape index (κ1) is 16.9. The number of methoxy groups -OCH3 is 1. The van der Waals surface area contributed by atoms with E-state index in [-0.39, 0.29) is 5.69 Å². The molecule has 0 saturated carbocycles. The topological polar surface area (TPSA) is 84.6 Å². The second-order valence-electron chi connectivity index (χ2n) is 6.02. The van der Waals surface area contributed by atoms with Crippen LogP contribution in [0.25, 0.3) is 0 Å². The normalized spacial score (nSPS) is 15.0. The molecule has 0 unspecified atom stereocenters. The van der Waals surface area contributed by atoms with Crippen LogP contribution in [-0.2, 0) is 0 Å². The number of piperidine rings is 1. The van der Waals surface area contributed by atoms with Crippen molar-refractivity contribution in [2.75, 3.05) is 37.0 Å². The summed E-state index contributed by atoms with van der Waals surface area (Å²) in [5.74, 6) is 1.17. The maximum Gasteiger partial charge on any atom is 0.311 e. The molecule has 8 heteroatoms. The van der Waals surface area contributed by atoms with E-state index >= 15 is 0 Å². The van der Waals surface area contributed by atoms with E-state index in [1.165, 1.54) is 13.2 Å². The summed E-state index contributed by atoms with van der Waals surface area (Å²) in [6.45, 7) is 1.74. The summed E-state index contributed by atoms with van der Waals surface area (Å²) in [6, 6.07) is 9.27. The van der Waals surface area contributed by atoms with Gasteiger partial charge in [0.15, 0.2) is 11.6 Å². The van der Waals surface area contributed by atoms with E-state index in [1.807, 2.05) is 19.2 Å². The number of hydrogen-bond donors (Lipinski definition) is 0. The number of rotatable bonds is 5. The molecule has 1 aromatic heterocycles. The van der Waals surface area contributed by atoms with E-state index < -0.39 is 4.92 Å². The third-order valence-corrected chi connectivity index (χ3v) is 4.66. The minimum Gasteiger partial charge on any atom is -0.490 e. The SMILES string of the molecule is COc1cc(N2CCC(N(C)c3cccnn3)CC2)ccc1[N+](=O)[O-]. The molecule has 1 aliphatic heterocycles. The summed E-state index contributed by atoms with van der Waals surface area (Å²) in [5, 5.41) is 19.1. The Labute approximate surface area is 146 Å². The highest BCUT2D eigenvalue weighted by Crippen LogP contribution is 2.33. The molecule has 0 N–H and O–H groups in total. The zero-order valence-electron chi connectivity index (χ0n) is 14.3. The Hall–Kier alpha value is -2.90. The van der Waals surface area contributed by atoms with Crippen molar-refractivity contribution < 1.29 is 9.66 Å². The highest BCUT2D eigenvalue weighted by atomic mass is 16.6. The van der Waals surface area contributed by atoms with Crippen LogP contribution in [0.1, 0.15) is 12.8 Å². The van der Waals surface area contributed by atoms with Gasteiger partial charge in [0.1, 0.15) is 0 Å². The Morgan fingerprint density at radius 2 is 2.08 bits per heavy atom. The first-order valence-corrected chi connectivity index (χ1v) is 8.18. The first-order chi connectivity index (χ1) is 12.1. The average Bonchev–Trinajstić information content (AvgIpc) is 2.67. The van der Waals surface area contributed by atoms with Gasteiger partial charge in [-0.15, -0.1) is 5.10 Å². The van der Waals surface area contributed by atoms with Crippen LogP contribution in [-0.4, -0.2) is 48.4 Å². The van der Waals surface area contributed by atoms with Crippen molar-refractivity contribution in [1.29, 1.82) is 0 Å². The van der Waals surface area contributed by atoms with Gasteiger partial charge in [0.25, 0.3) is 0 Å². The summed E-state index contributed by atoms with van der Waals surface area (Å²) >= 11 is 0. The van der Waals surface area contributed by atoms with Crippen LogP contribution in [0.2, 0.25) is 0 Å². The number of anilines is 2. The molecule has 25 heavy (non-hydrogen) atoms. The largest absolute Gasteiger partial charge is 0.490 e. The van der Waals surface area contributed by atoms with E-state index in [0.717, 1.165) is 37.4 Å². The molecule has 1 aromatic carbocycles. The minimum absolute atomic E-state index is 0.0106. The van der Waals surface area contributed by atoms with E-state index in [2.05, 4.69) is 20.0 Å². The predicted molar refractivity (Wildman–Crippen MR) is 95.3 cm³/mol. The van der Waals surface area contributed by atoms with Crippen LogP contribution in [0.3, 0.4) is 0 Å². The standard InChI is InChI=1S/C17H21N5O3/c1-20(17-4-3-9-18-19-17)13-7-10-21(11-8-13)14-5-6-15(22(23)24)16(12-14)25-2/h3-6,9,12-13H,7-8,10-11H2,1-2H3. The van der Waals surface area contributed by atoms with Gasteiger partial charge in [-0.2, -0.15) is 5.10 Å². The summed E-state index contributed by atoms with van der Waals surface area (Å²) in [7, 11) is 3.49. The number of nitrogens with zero attached hydrogens (tertiary/aromatic N) is 5. The zero-order chi connectivity index (χ0) is 17.8. The van der Waals surface area contributed by atoms with E-state index in [0.29, 0.717) is 11.8 Å². The Morgan fingerprint density at radius 1 is 1.32 bits per heavy atom. The quantitative estimate of drug-likeness (QED) is 0.609. The molecule has 2 heterocycles. The number of ether oxygens (including phenoxy) is 1. The molecular weight excluding hydrogens is 322 g/mol. The third-order valence-electron chi connectivity index (χ3n) is 4.66. The van der Waals surface area contributed by atoms with Crippen molar-refractivity contribution in [3.05, 3.63) is 46.6 Å². The molecule has 1 saturated heterocycles. The lowest BCUT2D eigenvalue weighted by atomic mass is 10.0. The summed E-state index contributed by atoms with van der Waals surface area (Å²) < 4.78 is 5.16. The monoisotopic (exact) mass is 343 g/mol. The lowest BCUT2D eigenvalue weighted by molar-refractivity contribution is -0.385. The fourth-order valence-electron chi connectivity index (χ4n) is 3.19. The van der Waals surface area contributed by atoms with Gasteiger partial charge in [0.2, 0.25) is 0 Å². The molecule has 1 aliphatic rings. The molecule has 0 bridgehead atoms. The first-order valence-electron chi connectivity index (χ1n) is 8.18. The summed E-state index contributed by atoms with van der Waals surface area (Å²) in [4.78, 5) is 15.0. The fraction of sp³-hybridized carbons (Fsp3) is 0.412. The smallest absolute Gasteiger partial charge is 0.311 e. The van der Waals surface area contributed by atoms with Crippen molar-refractivity contribution in [1.82, 2.24) is 10.2 Å². The molecule has 8 nitrogen and oxygen atoms in total. The van der Waals surface area contributed by atoms with Crippen molar-refractivity contribution in [2.24, 2.45) is 0 Å². The third kappa shape index (κ3) is 3.62. The van der Waals surface area contributed by atoms with E-state index in [9.17, 15) is 10.1 Å². The van der Waals surface area contributed by atoms with Gasteiger partial charge in [-0.3, -0.25) is 10.1 Å². The zero-order valence-corrected chi connectivity index (χ0v) is 14.3. The number of benzene rings is 1. The number of nitro benzene ring substituents is 1. The van der Waals surface area contributed by atoms with Gasteiger partial charge in [-0.1, -0.05) is 0 Å². The van der Waals surface area contributed by atoms with Crippen LogP contribution >= 0.6 is 0 Å². The summed E-state index contributed by atoms with van der Waals surface area (Å²) in [5.41, 5.74) is 0.937. The van der Waals surface area contributed by atoms with E-state index in [4.69, 9.17) is 4.74 Å². The average molecular weight is 343 g/mol. The van der Waals surface area contributed by atoms with Gasteiger partial charge in [-0.25, -0.2) is 0 Å². The molecule has 132 valence electrons. The molecule has 2 aromatic rings. The van der Waals surface area contributed by atoms with Gasteiger partial charge >= 0.3 is 5.69 Å². The second kappa shape index (κ2) is 7.33. The molecule has 0 amide bonds. The van der Waals surface area contributed by atoms with E-state index in [1.54, 1.807) is 18.3 Å². The Morgan fingerprint density at radius 3 is 2.68 bits per heavy atom. The summed E-state index contributed by atoms with van der Waals surface area (Å²) in [6.07, 6.45) is 3.63. The molecule has 0 atom stereocenters. The Bertz CT molecular complexity index is 732. The molecule has 0 radical (unpaired) electrons. The van der Waals surface area contributed by atoms with Gasteiger partial charge in [0, 0.05) is 50.2 Å². The molecule has 3 rings (SSSR count). The van der Waals surface area contributed by atoms with Crippen LogP contribution in [0.5, 0.6) is 5.75 Å². The number of nitro groups is 1. The lowest BCUT2D eigenvalue weighted by Crippen LogP contribution is -2.43. The van der Waals surface area contributed by atoms with Crippen LogP contribution in [0, 0.1) is 10.1 Å². The lowest BCUT2D eigenvalue weighted by Gasteiger charge is -2.38. The van der Waals surface area contributed by atoms with Crippen molar-refractivity contribution in [3.8, 4) is 5.75 Å². The van der Waals surface area contributed by atoms with Crippen LogP contribution in [0.4, 0.5) is 17.2 Å². The molecular formula is C17H21N5O3. The predicted octanol–water partition coefficient (Wildman–Crippen LogP) is 2.50. The van der Waals surface area contributed by atoms with Gasteiger partial charge < -0.3 is 14.5 Å².